The van der Waals surface area contributed by atoms with E-state index in [-0.39, 0.29) is 17.9 Å². The molecule has 7 nitrogen and oxygen atoms in total. The van der Waals surface area contributed by atoms with Crippen molar-refractivity contribution in [3.05, 3.63) is 48.7 Å². The van der Waals surface area contributed by atoms with Crippen LogP contribution in [0, 0.1) is 5.92 Å². The van der Waals surface area contributed by atoms with Gasteiger partial charge in [0.2, 0.25) is 5.91 Å². The molecule has 1 fully saturated rings. The van der Waals surface area contributed by atoms with Gasteiger partial charge in [0.25, 0.3) is 0 Å². The van der Waals surface area contributed by atoms with Crippen molar-refractivity contribution < 1.29 is 4.79 Å². The molecule has 4 rings (SSSR count). The third-order valence-corrected chi connectivity index (χ3v) is 4.92. The van der Waals surface area contributed by atoms with E-state index in [0.29, 0.717) is 0 Å². The van der Waals surface area contributed by atoms with Crippen molar-refractivity contribution in [2.45, 2.75) is 25.8 Å². The van der Waals surface area contributed by atoms with Gasteiger partial charge in [-0.15, -0.1) is 0 Å². The first-order chi connectivity index (χ1) is 12.7. The Morgan fingerprint density at radius 1 is 1.27 bits per heavy atom. The summed E-state index contributed by atoms with van der Waals surface area (Å²) >= 11 is 0. The number of nitrogens with one attached hydrogen (secondary N) is 2. The van der Waals surface area contributed by atoms with Crippen molar-refractivity contribution in [2.24, 2.45) is 5.92 Å². The predicted octanol–water partition coefficient (Wildman–Crippen LogP) is 2.45. The van der Waals surface area contributed by atoms with Gasteiger partial charge in [-0.1, -0.05) is 12.1 Å². The van der Waals surface area contributed by atoms with Crippen LogP contribution in [-0.4, -0.2) is 38.9 Å². The Bertz CT molecular complexity index is 852. The second-order valence-electron chi connectivity index (χ2n) is 6.69. The number of aromatic nitrogens is 4. The molecule has 0 spiro atoms. The molecule has 2 N–H and O–H groups in total. The number of fused-ring (bicyclic) bond motifs is 1. The van der Waals surface area contributed by atoms with Gasteiger partial charge in [-0.25, -0.2) is 9.97 Å². The van der Waals surface area contributed by atoms with Crippen LogP contribution in [-0.2, 0) is 4.79 Å². The van der Waals surface area contributed by atoms with Crippen molar-refractivity contribution in [1.82, 2.24) is 25.3 Å². The smallest absolute Gasteiger partial charge is 0.223 e. The van der Waals surface area contributed by atoms with E-state index in [1.807, 2.05) is 31.2 Å². The number of imidazole rings is 1. The van der Waals surface area contributed by atoms with Crippen LogP contribution in [0.3, 0.4) is 0 Å². The molecule has 1 amide bonds. The number of carbonyl (C=O) groups excluding carboxylic acids is 1. The lowest BCUT2D eigenvalue weighted by Crippen LogP contribution is -2.41. The fourth-order valence-electron chi connectivity index (χ4n) is 3.40. The highest BCUT2D eigenvalue weighted by molar-refractivity contribution is 5.80. The molecule has 1 aliphatic heterocycles. The van der Waals surface area contributed by atoms with Crippen molar-refractivity contribution in [3.63, 3.8) is 0 Å². The lowest BCUT2D eigenvalue weighted by Gasteiger charge is -2.32. The minimum atomic E-state index is -0.145. The van der Waals surface area contributed by atoms with Crippen LogP contribution in [0.25, 0.3) is 11.0 Å². The Morgan fingerprint density at radius 2 is 2.08 bits per heavy atom. The highest BCUT2D eigenvalue weighted by Gasteiger charge is 2.27. The maximum atomic E-state index is 12.6. The van der Waals surface area contributed by atoms with E-state index in [1.54, 1.807) is 18.6 Å². The Morgan fingerprint density at radius 3 is 2.81 bits per heavy atom. The summed E-state index contributed by atoms with van der Waals surface area (Å²) in [5, 5.41) is 3.10. The Kier molecular flexibility index (Phi) is 4.51. The van der Waals surface area contributed by atoms with Gasteiger partial charge < -0.3 is 15.2 Å². The monoisotopic (exact) mass is 350 g/mol. The average molecular weight is 350 g/mol. The number of nitrogens with zero attached hydrogens (tertiary/aromatic N) is 4. The van der Waals surface area contributed by atoms with E-state index in [9.17, 15) is 4.79 Å². The summed E-state index contributed by atoms with van der Waals surface area (Å²) in [6.07, 6.45) is 6.76. The number of aromatic amines is 1. The Labute approximate surface area is 151 Å². The topological polar surface area (TPSA) is 86.8 Å². The molecule has 0 aliphatic carbocycles. The lowest BCUT2D eigenvalue weighted by atomic mass is 9.95. The number of benzene rings is 1. The highest BCUT2D eigenvalue weighted by Crippen LogP contribution is 2.22. The molecule has 2 aromatic heterocycles. The number of para-hydroxylation sites is 2. The first-order valence-electron chi connectivity index (χ1n) is 8.96. The fraction of sp³-hybridized carbons (Fsp3) is 0.368. The Hall–Kier alpha value is -2.96. The summed E-state index contributed by atoms with van der Waals surface area (Å²) in [5.41, 5.74) is 1.90. The summed E-state index contributed by atoms with van der Waals surface area (Å²) < 4.78 is 0. The third-order valence-electron chi connectivity index (χ3n) is 4.92. The fourth-order valence-corrected chi connectivity index (χ4v) is 3.40. The maximum absolute atomic E-state index is 12.6. The number of amides is 1. The van der Waals surface area contributed by atoms with E-state index in [2.05, 4.69) is 30.2 Å². The van der Waals surface area contributed by atoms with Crippen LogP contribution in [0.5, 0.6) is 0 Å². The molecule has 134 valence electrons. The van der Waals surface area contributed by atoms with Gasteiger partial charge in [0, 0.05) is 31.4 Å². The molecule has 0 saturated carbocycles. The number of H-pyrrole nitrogens is 1. The van der Waals surface area contributed by atoms with Crippen molar-refractivity contribution in [3.8, 4) is 0 Å². The van der Waals surface area contributed by atoms with Gasteiger partial charge in [-0.2, -0.15) is 0 Å². The molecule has 26 heavy (non-hydrogen) atoms. The molecule has 0 radical (unpaired) electrons. The van der Waals surface area contributed by atoms with Gasteiger partial charge in [0.05, 0.1) is 23.3 Å². The first kappa shape index (κ1) is 16.5. The molecule has 3 heterocycles. The molecule has 1 saturated heterocycles. The standard InChI is InChI=1S/C19H22N6O/c1-13(18-23-15-4-2-3-5-16(15)24-18)22-19(26)14-6-10-25(11-7-14)17-12-20-8-9-21-17/h2-5,8-9,12-14H,6-7,10-11H2,1H3,(H,22,26)(H,23,24). The van der Waals surface area contributed by atoms with Crippen molar-refractivity contribution in [2.75, 3.05) is 18.0 Å². The van der Waals surface area contributed by atoms with E-state index >= 15 is 0 Å². The van der Waals surface area contributed by atoms with Crippen LogP contribution >= 0.6 is 0 Å². The second kappa shape index (κ2) is 7.11. The summed E-state index contributed by atoms with van der Waals surface area (Å²) in [7, 11) is 0. The van der Waals surface area contributed by atoms with Crippen molar-refractivity contribution >= 4 is 22.8 Å². The molecule has 1 unspecified atom stereocenters. The van der Waals surface area contributed by atoms with E-state index in [4.69, 9.17) is 0 Å². The minimum absolute atomic E-state index is 0.0229. The van der Waals surface area contributed by atoms with Crippen molar-refractivity contribution in [1.29, 1.82) is 0 Å². The summed E-state index contributed by atoms with van der Waals surface area (Å²) in [4.78, 5) is 31.1. The second-order valence-corrected chi connectivity index (χ2v) is 6.69. The van der Waals surface area contributed by atoms with Gasteiger partial charge in [-0.05, 0) is 31.9 Å². The zero-order valence-electron chi connectivity index (χ0n) is 14.7. The van der Waals surface area contributed by atoms with Gasteiger partial charge in [0.15, 0.2) is 0 Å². The molecule has 1 aliphatic rings. The molecular weight excluding hydrogens is 328 g/mol. The molecule has 3 aromatic rings. The van der Waals surface area contributed by atoms with Crippen LogP contribution < -0.4 is 10.2 Å². The zero-order chi connectivity index (χ0) is 17.9. The number of anilines is 1. The van der Waals surface area contributed by atoms with Crippen LogP contribution in [0.4, 0.5) is 5.82 Å². The van der Waals surface area contributed by atoms with E-state index in [0.717, 1.165) is 48.6 Å². The van der Waals surface area contributed by atoms with Gasteiger partial charge in [0.1, 0.15) is 11.6 Å². The average Bonchev–Trinajstić information content (AvgIpc) is 3.13. The van der Waals surface area contributed by atoms with Crippen LogP contribution in [0.2, 0.25) is 0 Å². The number of hydrogen-bond donors (Lipinski definition) is 2. The summed E-state index contributed by atoms with van der Waals surface area (Å²) in [5.74, 6) is 1.78. The quantitative estimate of drug-likeness (QED) is 0.755. The van der Waals surface area contributed by atoms with E-state index in [1.165, 1.54) is 0 Å². The largest absolute Gasteiger partial charge is 0.355 e. The number of piperidine rings is 1. The molecule has 1 aromatic carbocycles. The van der Waals surface area contributed by atoms with E-state index < -0.39 is 0 Å². The molecule has 1 atom stereocenters. The Balaban J connectivity index is 1.35. The predicted molar refractivity (Wildman–Crippen MR) is 99.6 cm³/mol. The zero-order valence-corrected chi connectivity index (χ0v) is 14.7. The summed E-state index contributed by atoms with van der Waals surface area (Å²) in [6.45, 7) is 3.59. The maximum Gasteiger partial charge on any atom is 0.223 e. The lowest BCUT2D eigenvalue weighted by molar-refractivity contribution is -0.126. The highest BCUT2D eigenvalue weighted by atomic mass is 16.2. The number of rotatable bonds is 4. The van der Waals surface area contributed by atoms with Gasteiger partial charge >= 0.3 is 0 Å². The minimum Gasteiger partial charge on any atom is -0.355 e. The summed E-state index contributed by atoms with van der Waals surface area (Å²) in [6, 6.07) is 7.74. The third kappa shape index (κ3) is 3.37. The number of carbonyl (C=O) groups is 1. The van der Waals surface area contributed by atoms with Gasteiger partial charge in [-0.3, -0.25) is 9.78 Å². The molecule has 0 bridgehead atoms. The normalized spacial score (nSPS) is 16.6. The SMILES string of the molecule is CC(NC(=O)C1CCN(c2cnccn2)CC1)c1nc2ccccc2[nH]1. The van der Waals surface area contributed by atoms with Crippen LogP contribution in [0.15, 0.2) is 42.9 Å². The first-order valence-corrected chi connectivity index (χ1v) is 8.96. The molecular formula is C19H22N6O. The van der Waals surface area contributed by atoms with Crippen LogP contribution in [0.1, 0.15) is 31.6 Å². The number of hydrogen-bond acceptors (Lipinski definition) is 5. The molecule has 7 heteroatoms.